The minimum absolute atomic E-state index is 0. The van der Waals surface area contributed by atoms with Gasteiger partial charge in [0.05, 0.1) is 0 Å². The number of aromatic nitrogens is 2. The monoisotopic (exact) mass is 1100 g/mol. The normalized spacial score (nSPS) is 10.5. The maximum absolute atomic E-state index is 7.16. The first-order valence-electron chi connectivity index (χ1n) is 19.8. The maximum Gasteiger partial charge on any atom is 1.00 e. The van der Waals surface area contributed by atoms with Crippen LogP contribution in [-0.2, 0) is 58.9 Å². The van der Waals surface area contributed by atoms with Crippen LogP contribution in [0.5, 0.6) is 0 Å². The first-order chi connectivity index (χ1) is 29.0. The molecule has 0 amide bonds. The Labute approximate surface area is 393 Å². The van der Waals surface area contributed by atoms with E-state index >= 15 is 0 Å². The Hall–Kier alpha value is -5.18. The minimum Gasteiger partial charge on any atom is -0.366 e. The summed E-state index contributed by atoms with van der Waals surface area (Å²) in [7, 11) is 2.41. The summed E-state index contributed by atoms with van der Waals surface area (Å²) in [5.41, 5.74) is 6.38. The molecule has 2 aromatic heterocycles. The van der Waals surface area contributed by atoms with E-state index in [1.807, 2.05) is 36.4 Å². The number of aryl methyl sites for hydroxylation is 2. The molecular weight excluding hydrogens is 1060 g/mol. The van der Waals surface area contributed by atoms with Crippen molar-refractivity contribution < 1.29 is 44.8 Å². The van der Waals surface area contributed by atoms with Gasteiger partial charge in [-0.2, -0.15) is 0 Å². The maximum atomic E-state index is 7.16. The Balaban J connectivity index is 0.000000159. The first-order valence-corrected chi connectivity index (χ1v) is 23.2. The molecule has 8 aromatic carbocycles. The van der Waals surface area contributed by atoms with E-state index in [0.717, 1.165) is 22.2 Å². The molecule has 0 aliphatic carbocycles. The van der Waals surface area contributed by atoms with Crippen LogP contribution in [0.15, 0.2) is 206 Å². The largest absolute Gasteiger partial charge is 1.00 e. The van der Waals surface area contributed by atoms with Crippen molar-refractivity contribution >= 4 is 80.7 Å². The van der Waals surface area contributed by atoms with Crippen LogP contribution in [0, 0.1) is 24.7 Å². The molecule has 0 radical (unpaired) electrons. The standard InChI is InChI=1S/C25H22P2.2C15H10N.Ag.Au/c1-5-13-22(14-6-1)26(23-15-7-2-8-16-23)21-27(24-17-9-3-10-18-24)25-19-11-4-12-20-25;2*1-3-11-8-9-13-12-6-4-5-7-14(12)16(2)15(13)10-11;;/h1-20H,21H2;2*4-10H,2H3;;/q;2*-1;2*+1/p+2. The van der Waals surface area contributed by atoms with Gasteiger partial charge in [-0.25, -0.2) is 0 Å². The second kappa shape index (κ2) is 21.6. The SMILES string of the molecule is [Ag+].[Au+].[C-]#Cc1ccc2c3ccccc3n(C)c2c1.[C-]#Cc1ccc2c3ccccc3n(C)c2c1.c1ccc([PH+](C[PH+](c2ccccc2)c2ccccc2)c2ccccc2)cc1. The average Bonchev–Trinajstić information content (AvgIpc) is 3.77. The van der Waals surface area contributed by atoms with Gasteiger partial charge >= 0.3 is 44.8 Å². The molecule has 0 bridgehead atoms. The topological polar surface area (TPSA) is 9.86 Å². The van der Waals surface area contributed by atoms with Crippen LogP contribution in [0.1, 0.15) is 11.1 Å². The molecule has 0 unspecified atom stereocenters. The van der Waals surface area contributed by atoms with E-state index in [1.54, 1.807) is 0 Å². The molecule has 0 atom stereocenters. The molecule has 0 N–H and O–H groups in total. The van der Waals surface area contributed by atoms with Crippen molar-refractivity contribution in [2.75, 3.05) is 5.90 Å². The predicted molar refractivity (Wildman–Crippen MR) is 259 cm³/mol. The third-order valence-corrected chi connectivity index (χ3v) is 17.9. The van der Waals surface area contributed by atoms with E-state index in [4.69, 9.17) is 12.8 Å². The van der Waals surface area contributed by atoms with E-state index < -0.39 is 15.8 Å². The minimum atomic E-state index is -0.847. The number of hydrogen-bond donors (Lipinski definition) is 0. The number of benzene rings is 8. The summed E-state index contributed by atoms with van der Waals surface area (Å²) in [5.74, 6) is 6.10. The van der Waals surface area contributed by atoms with E-state index in [0.29, 0.717) is 0 Å². The molecule has 61 heavy (non-hydrogen) atoms. The van der Waals surface area contributed by atoms with Crippen LogP contribution in [0.2, 0.25) is 0 Å². The van der Waals surface area contributed by atoms with Crippen LogP contribution in [-0.4, -0.2) is 15.0 Å². The van der Waals surface area contributed by atoms with E-state index in [-0.39, 0.29) is 44.8 Å². The van der Waals surface area contributed by atoms with Crippen LogP contribution in [0.4, 0.5) is 0 Å². The molecule has 10 aromatic rings. The Morgan fingerprint density at radius 1 is 0.377 bits per heavy atom. The van der Waals surface area contributed by atoms with Crippen molar-refractivity contribution in [3.63, 3.8) is 0 Å². The van der Waals surface area contributed by atoms with Gasteiger partial charge < -0.3 is 22.0 Å². The fourth-order valence-electron chi connectivity index (χ4n) is 7.95. The molecule has 0 aliphatic heterocycles. The van der Waals surface area contributed by atoms with E-state index in [9.17, 15) is 0 Å². The summed E-state index contributed by atoms with van der Waals surface area (Å²) >= 11 is 0. The fourth-order valence-corrected chi connectivity index (χ4v) is 15.7. The van der Waals surface area contributed by atoms with Crippen molar-refractivity contribution in [2.45, 2.75) is 0 Å². The summed E-state index contributed by atoms with van der Waals surface area (Å²) < 4.78 is 4.32. The van der Waals surface area contributed by atoms with Gasteiger partial charge in [0.25, 0.3) is 0 Å². The molecule has 6 heteroatoms. The number of rotatable bonds is 6. The summed E-state index contributed by atoms with van der Waals surface area (Å²) in [5, 5.41) is 11.0. The molecular formula is C55H44AgAuN2P2+2. The van der Waals surface area contributed by atoms with Gasteiger partial charge in [-0.15, -0.1) is 35.4 Å². The fraction of sp³-hybridized carbons (Fsp3) is 0.0545. The van der Waals surface area contributed by atoms with E-state index in [1.165, 1.54) is 59.7 Å². The molecule has 0 aliphatic rings. The zero-order valence-corrected chi connectivity index (χ0v) is 39.5. The Bertz CT molecular complexity index is 2790. The summed E-state index contributed by atoms with van der Waals surface area (Å²) in [4.78, 5) is 0. The molecule has 304 valence electrons. The summed E-state index contributed by atoms with van der Waals surface area (Å²) in [6.45, 7) is 0. The van der Waals surface area contributed by atoms with Gasteiger partial charge in [-0.05, 0) is 60.7 Å². The van der Waals surface area contributed by atoms with Gasteiger partial charge in [-0.1, -0.05) is 121 Å². The number of hydrogen-bond acceptors (Lipinski definition) is 0. The molecule has 10 rings (SSSR count). The predicted octanol–water partition coefficient (Wildman–Crippen LogP) is 11.2. The van der Waals surface area contributed by atoms with Gasteiger partial charge in [0.15, 0.2) is 5.90 Å². The van der Waals surface area contributed by atoms with Gasteiger partial charge in [0, 0.05) is 57.7 Å². The second-order valence-electron chi connectivity index (χ2n) is 14.5. The van der Waals surface area contributed by atoms with Crippen LogP contribution in [0.3, 0.4) is 0 Å². The van der Waals surface area contributed by atoms with Gasteiger partial charge in [-0.3, -0.25) is 11.8 Å². The van der Waals surface area contributed by atoms with Crippen molar-refractivity contribution in [3.8, 4) is 11.8 Å². The smallest absolute Gasteiger partial charge is 0.366 e. The van der Waals surface area contributed by atoms with Crippen LogP contribution >= 0.6 is 15.8 Å². The van der Waals surface area contributed by atoms with Gasteiger partial charge in [0.2, 0.25) is 0 Å². The van der Waals surface area contributed by atoms with Crippen molar-refractivity contribution in [1.82, 2.24) is 9.13 Å². The number of fused-ring (bicyclic) bond motifs is 6. The molecule has 0 spiro atoms. The third kappa shape index (κ3) is 10.1. The quantitative estimate of drug-likeness (QED) is 0.0680. The molecule has 0 saturated heterocycles. The zero-order chi connectivity index (χ0) is 40.6. The Morgan fingerprint density at radius 3 is 0.967 bits per heavy atom. The summed E-state index contributed by atoms with van der Waals surface area (Å²) in [6, 6.07) is 73.1. The van der Waals surface area contributed by atoms with Crippen LogP contribution in [0.25, 0.3) is 43.6 Å². The zero-order valence-electron chi connectivity index (χ0n) is 33.8. The molecule has 2 nitrogen and oxygen atoms in total. The number of nitrogens with zero attached hydrogens (tertiary/aromatic N) is 2. The van der Waals surface area contributed by atoms with Crippen molar-refractivity contribution in [3.05, 3.63) is 230 Å². The first kappa shape index (κ1) is 45.4. The average molecular weight is 1100 g/mol. The Kier molecular flexibility index (Phi) is 16.0. The number of para-hydroxylation sites is 2. The van der Waals surface area contributed by atoms with Crippen molar-refractivity contribution in [2.24, 2.45) is 14.1 Å². The van der Waals surface area contributed by atoms with E-state index in [2.05, 4.69) is 205 Å². The third-order valence-electron chi connectivity index (χ3n) is 11.0. The molecule has 2 heterocycles. The molecule has 0 fully saturated rings. The van der Waals surface area contributed by atoms with Gasteiger partial charge in [0.1, 0.15) is 37.1 Å². The second-order valence-corrected chi connectivity index (χ2v) is 20.1. The molecule has 0 saturated carbocycles. The Morgan fingerprint density at radius 2 is 0.656 bits per heavy atom. The van der Waals surface area contributed by atoms with Crippen LogP contribution < -0.4 is 21.2 Å². The summed E-state index contributed by atoms with van der Waals surface area (Å²) in [6.07, 6.45) is 14.3. The van der Waals surface area contributed by atoms with Crippen molar-refractivity contribution in [1.29, 1.82) is 0 Å².